The number of hydrogen-bond donors (Lipinski definition) is 0. The quantitative estimate of drug-likeness (QED) is 0.749. The van der Waals surface area contributed by atoms with E-state index in [4.69, 9.17) is 4.74 Å². The van der Waals surface area contributed by atoms with Crippen LogP contribution in [-0.2, 0) is 0 Å². The monoisotopic (exact) mass is 244 g/mol. The minimum absolute atomic E-state index is 0.491. The molecule has 0 amide bonds. The van der Waals surface area contributed by atoms with Gasteiger partial charge in [-0.2, -0.15) is 0 Å². The third kappa shape index (κ3) is 2.15. The maximum Gasteiger partial charge on any atom is 0.122 e. The van der Waals surface area contributed by atoms with Gasteiger partial charge in [0.2, 0.25) is 0 Å². The van der Waals surface area contributed by atoms with Gasteiger partial charge in [-0.3, -0.25) is 0 Å². The first kappa shape index (κ1) is 12.1. The fraction of sp³-hybridized carbons (Fsp3) is 0.647. The zero-order valence-electron chi connectivity index (χ0n) is 11.8. The lowest BCUT2D eigenvalue weighted by atomic mass is 9.97. The minimum Gasteiger partial charge on any atom is -0.490 e. The molecule has 2 aliphatic rings. The molecular weight excluding hydrogens is 220 g/mol. The smallest absolute Gasteiger partial charge is 0.122 e. The second kappa shape index (κ2) is 4.60. The van der Waals surface area contributed by atoms with E-state index in [2.05, 4.69) is 39.0 Å². The van der Waals surface area contributed by atoms with E-state index in [-0.39, 0.29) is 0 Å². The Morgan fingerprint density at radius 1 is 1.17 bits per heavy atom. The van der Waals surface area contributed by atoms with E-state index in [0.717, 1.165) is 17.6 Å². The van der Waals surface area contributed by atoms with Crippen LogP contribution >= 0.6 is 0 Å². The van der Waals surface area contributed by atoms with Crippen molar-refractivity contribution in [1.29, 1.82) is 0 Å². The first-order valence-electron chi connectivity index (χ1n) is 7.40. The van der Waals surface area contributed by atoms with E-state index in [0.29, 0.717) is 12.0 Å². The van der Waals surface area contributed by atoms with Gasteiger partial charge in [0.05, 0.1) is 0 Å². The van der Waals surface area contributed by atoms with Crippen molar-refractivity contribution in [2.24, 2.45) is 11.8 Å². The fourth-order valence-corrected chi connectivity index (χ4v) is 3.60. The molecule has 0 radical (unpaired) electrons. The van der Waals surface area contributed by atoms with Crippen LogP contribution in [0.1, 0.15) is 56.6 Å². The Hall–Kier alpha value is -0.980. The van der Waals surface area contributed by atoms with E-state index in [1.54, 1.807) is 0 Å². The molecule has 0 heterocycles. The highest BCUT2D eigenvalue weighted by Crippen LogP contribution is 2.46. The van der Waals surface area contributed by atoms with Crippen molar-refractivity contribution in [3.63, 3.8) is 0 Å². The van der Waals surface area contributed by atoms with Gasteiger partial charge in [0.25, 0.3) is 0 Å². The van der Waals surface area contributed by atoms with Gasteiger partial charge in [0.15, 0.2) is 0 Å². The number of rotatable bonds is 3. The average Bonchev–Trinajstić information content (AvgIpc) is 2.93. The Balaban J connectivity index is 1.77. The summed E-state index contributed by atoms with van der Waals surface area (Å²) in [5.41, 5.74) is 2.67. The lowest BCUT2D eigenvalue weighted by molar-refractivity contribution is 0.137. The number of aryl methyl sites for hydroxylation is 1. The average molecular weight is 244 g/mol. The molecule has 0 aromatic heterocycles. The van der Waals surface area contributed by atoms with Crippen LogP contribution < -0.4 is 4.74 Å². The summed E-state index contributed by atoms with van der Waals surface area (Å²) in [6, 6.07) is 6.69. The van der Waals surface area contributed by atoms with Crippen LogP contribution in [0.3, 0.4) is 0 Å². The van der Waals surface area contributed by atoms with Gasteiger partial charge in [0.1, 0.15) is 11.9 Å². The summed E-state index contributed by atoms with van der Waals surface area (Å²) in [4.78, 5) is 0. The molecule has 0 saturated heterocycles. The van der Waals surface area contributed by atoms with Gasteiger partial charge in [0, 0.05) is 0 Å². The number of benzene rings is 1. The van der Waals surface area contributed by atoms with E-state index in [1.165, 1.54) is 36.8 Å². The maximum atomic E-state index is 6.33. The molecule has 3 unspecified atom stereocenters. The molecule has 0 spiro atoms. The van der Waals surface area contributed by atoms with Crippen molar-refractivity contribution in [3.05, 3.63) is 29.3 Å². The molecule has 2 aliphatic carbocycles. The summed E-state index contributed by atoms with van der Waals surface area (Å²) in [5, 5.41) is 0. The molecule has 1 aromatic carbocycles. The molecule has 1 heteroatoms. The molecule has 2 saturated carbocycles. The Morgan fingerprint density at radius 2 is 2.00 bits per heavy atom. The Kier molecular flexibility index (Phi) is 3.09. The van der Waals surface area contributed by atoms with Gasteiger partial charge in [-0.1, -0.05) is 26.0 Å². The van der Waals surface area contributed by atoms with Crippen LogP contribution in [0, 0.1) is 18.8 Å². The van der Waals surface area contributed by atoms with Crippen molar-refractivity contribution >= 4 is 0 Å². The van der Waals surface area contributed by atoms with Crippen molar-refractivity contribution in [3.8, 4) is 5.75 Å². The van der Waals surface area contributed by atoms with Gasteiger partial charge < -0.3 is 4.74 Å². The summed E-state index contributed by atoms with van der Waals surface area (Å²) in [5.74, 6) is 3.48. The van der Waals surface area contributed by atoms with Gasteiger partial charge in [-0.05, 0) is 67.6 Å². The first-order valence-corrected chi connectivity index (χ1v) is 7.40. The van der Waals surface area contributed by atoms with E-state index in [9.17, 15) is 0 Å². The Bertz CT molecular complexity index is 435. The van der Waals surface area contributed by atoms with E-state index in [1.807, 2.05) is 0 Å². The minimum atomic E-state index is 0.491. The van der Waals surface area contributed by atoms with Crippen LogP contribution in [0.5, 0.6) is 5.75 Å². The highest BCUT2D eigenvalue weighted by atomic mass is 16.5. The first-order chi connectivity index (χ1) is 8.63. The molecule has 98 valence electrons. The number of ether oxygens (including phenoxy) is 1. The molecule has 1 aromatic rings. The fourth-order valence-electron chi connectivity index (χ4n) is 3.60. The van der Waals surface area contributed by atoms with Crippen LogP contribution in [0.2, 0.25) is 0 Å². The molecule has 0 N–H and O–H groups in total. The van der Waals surface area contributed by atoms with Crippen LogP contribution in [0.25, 0.3) is 0 Å². The van der Waals surface area contributed by atoms with E-state index >= 15 is 0 Å². The SMILES string of the molecule is Cc1ccc(C(C)C)cc1OC1CC2CCC1C2. The van der Waals surface area contributed by atoms with Gasteiger partial charge in [-0.15, -0.1) is 0 Å². The Morgan fingerprint density at radius 3 is 2.61 bits per heavy atom. The van der Waals surface area contributed by atoms with Crippen LogP contribution in [0.15, 0.2) is 18.2 Å². The molecule has 2 fully saturated rings. The van der Waals surface area contributed by atoms with Gasteiger partial charge >= 0.3 is 0 Å². The molecule has 0 aliphatic heterocycles. The normalized spacial score (nSPS) is 30.1. The standard InChI is InChI=1S/C17H24O/c1-11(2)14-6-4-12(3)16(10-14)18-17-9-13-5-7-15(17)8-13/h4,6,10-11,13,15,17H,5,7-9H2,1-3H3. The zero-order valence-corrected chi connectivity index (χ0v) is 11.8. The molecular formula is C17H24O. The van der Waals surface area contributed by atoms with Crippen molar-refractivity contribution in [2.75, 3.05) is 0 Å². The van der Waals surface area contributed by atoms with Crippen molar-refractivity contribution in [2.45, 2.75) is 58.5 Å². The number of fused-ring (bicyclic) bond motifs is 2. The molecule has 18 heavy (non-hydrogen) atoms. The molecule has 1 nitrogen and oxygen atoms in total. The second-order valence-corrected chi connectivity index (χ2v) is 6.51. The zero-order chi connectivity index (χ0) is 12.7. The highest BCUT2D eigenvalue weighted by molar-refractivity contribution is 5.38. The third-order valence-electron chi connectivity index (χ3n) is 4.83. The third-order valence-corrected chi connectivity index (χ3v) is 4.83. The summed E-state index contributed by atoms with van der Waals surface area (Å²) in [6.07, 6.45) is 6.02. The topological polar surface area (TPSA) is 9.23 Å². The lowest BCUT2D eigenvalue weighted by Gasteiger charge is -2.24. The van der Waals surface area contributed by atoms with Gasteiger partial charge in [-0.25, -0.2) is 0 Å². The Labute approximate surface area is 111 Å². The summed E-state index contributed by atoms with van der Waals surface area (Å²) in [7, 11) is 0. The van der Waals surface area contributed by atoms with Crippen molar-refractivity contribution in [1.82, 2.24) is 0 Å². The summed E-state index contributed by atoms with van der Waals surface area (Å²) < 4.78 is 6.33. The highest BCUT2D eigenvalue weighted by Gasteiger charge is 2.41. The predicted molar refractivity (Wildman–Crippen MR) is 75.1 cm³/mol. The second-order valence-electron chi connectivity index (χ2n) is 6.51. The van der Waals surface area contributed by atoms with Crippen LogP contribution in [0.4, 0.5) is 0 Å². The number of hydrogen-bond acceptors (Lipinski definition) is 1. The molecule has 2 bridgehead atoms. The summed E-state index contributed by atoms with van der Waals surface area (Å²) in [6.45, 7) is 6.64. The lowest BCUT2D eigenvalue weighted by Crippen LogP contribution is -2.23. The molecule has 3 rings (SSSR count). The predicted octanol–water partition coefficient (Wildman–Crippen LogP) is 4.69. The van der Waals surface area contributed by atoms with Crippen LogP contribution in [-0.4, -0.2) is 6.10 Å². The molecule has 3 atom stereocenters. The largest absolute Gasteiger partial charge is 0.490 e. The maximum absolute atomic E-state index is 6.33. The summed E-state index contributed by atoms with van der Waals surface area (Å²) >= 11 is 0. The van der Waals surface area contributed by atoms with E-state index < -0.39 is 0 Å². The van der Waals surface area contributed by atoms with Crippen molar-refractivity contribution < 1.29 is 4.74 Å².